The molecule has 0 fully saturated rings. The van der Waals surface area contributed by atoms with Gasteiger partial charge in [-0.2, -0.15) is 10.2 Å². The number of rotatable bonds is 26. The van der Waals surface area contributed by atoms with E-state index in [0.717, 1.165) is 10.0 Å². The predicted molar refractivity (Wildman–Crippen MR) is 246 cm³/mol. The smallest absolute Gasteiger partial charge is 0.307 e. The number of ketones is 2. The van der Waals surface area contributed by atoms with Gasteiger partial charge in [0.1, 0.15) is 11.4 Å². The van der Waals surface area contributed by atoms with Crippen molar-refractivity contribution >= 4 is 64.7 Å². The summed E-state index contributed by atoms with van der Waals surface area (Å²) in [6.45, 7) is 11.1. The topological polar surface area (TPSA) is 207 Å². The summed E-state index contributed by atoms with van der Waals surface area (Å²) >= 11 is 0. The van der Waals surface area contributed by atoms with Crippen LogP contribution in [0.1, 0.15) is 88.9 Å². The van der Waals surface area contributed by atoms with Crippen LogP contribution in [0.5, 0.6) is 0 Å². The molecule has 0 N–H and O–H groups in total. The van der Waals surface area contributed by atoms with Crippen molar-refractivity contribution in [2.75, 3.05) is 62.9 Å². The van der Waals surface area contributed by atoms with Crippen molar-refractivity contribution in [3.63, 3.8) is 0 Å². The first-order valence-electron chi connectivity index (χ1n) is 21.3. The van der Waals surface area contributed by atoms with E-state index in [2.05, 4.69) is 0 Å². The number of nitrogens with zero attached hydrogens (tertiary/aromatic N) is 4. The van der Waals surface area contributed by atoms with Gasteiger partial charge in [-0.15, -0.1) is 0 Å². The van der Waals surface area contributed by atoms with Gasteiger partial charge in [0.2, 0.25) is 11.6 Å². The first kappa shape index (κ1) is 51.5. The lowest BCUT2D eigenvalue weighted by atomic mass is 10.1. The van der Waals surface area contributed by atoms with Crippen molar-refractivity contribution in [2.24, 2.45) is 10.2 Å². The zero-order chi connectivity index (χ0) is 46.8. The molecule has 0 saturated heterocycles. The van der Waals surface area contributed by atoms with Crippen LogP contribution in [-0.2, 0) is 54.5 Å². The Hall–Kier alpha value is -3.46. The molecule has 3 aromatic carbocycles. The molecular formula is C42H58N4O14P4. The standard InChI is InChI=1S/C42H58N4O14P4/c1-9-53-61(49,54-10-2)41(62(50,55-11-3)56-12-4)31-37(39(47)33-24-19-17-20-25-33)43-45(41)35-28-23-29-36(30-35)46-42(63(51,57-13-5)58-14-6,64(52,59-15-7)60-16-8)32-38(44-46)40(48)34-26-21-18-22-27-34/h17-30H,9-16,31-32H2,1-8H3. The average molecular weight is 967 g/mol. The van der Waals surface area contributed by atoms with E-state index in [1.54, 1.807) is 116 Å². The van der Waals surface area contributed by atoms with Crippen molar-refractivity contribution in [3.8, 4) is 0 Å². The van der Waals surface area contributed by atoms with E-state index >= 15 is 18.3 Å². The lowest BCUT2D eigenvalue weighted by Gasteiger charge is -2.45. The summed E-state index contributed by atoms with van der Waals surface area (Å²) in [6.07, 6.45) is -1.20. The third kappa shape index (κ3) is 9.28. The molecule has 0 unspecified atom stereocenters. The van der Waals surface area contributed by atoms with E-state index < -0.39 is 64.8 Å². The lowest BCUT2D eigenvalue weighted by Crippen LogP contribution is -2.46. The zero-order valence-electron chi connectivity index (χ0n) is 37.4. The minimum atomic E-state index is -4.79. The largest absolute Gasteiger partial charge is 0.370 e. The maximum atomic E-state index is 15.7. The van der Waals surface area contributed by atoms with Crippen LogP contribution in [0.2, 0.25) is 0 Å². The normalized spacial score (nSPS) is 16.5. The molecule has 5 rings (SSSR count). The summed E-state index contributed by atoms with van der Waals surface area (Å²) in [5.41, 5.74) is 0.0694. The number of anilines is 2. The van der Waals surface area contributed by atoms with Crippen molar-refractivity contribution in [3.05, 3.63) is 96.1 Å². The molecule has 18 nitrogen and oxygen atoms in total. The second kappa shape index (κ2) is 21.9. The molecule has 0 saturated carbocycles. The second-order valence-corrected chi connectivity index (χ2v) is 23.6. The number of hydrazone groups is 2. The Morgan fingerprint density at radius 3 is 0.969 bits per heavy atom. The molecular weight excluding hydrogens is 908 g/mol. The van der Waals surface area contributed by atoms with E-state index in [0.29, 0.717) is 0 Å². The number of hydrogen-bond donors (Lipinski definition) is 0. The van der Waals surface area contributed by atoms with Gasteiger partial charge in [0, 0.05) is 24.0 Å². The fourth-order valence-electron chi connectivity index (χ4n) is 7.61. The van der Waals surface area contributed by atoms with Crippen molar-refractivity contribution in [1.82, 2.24) is 0 Å². The Labute approximate surface area is 375 Å². The van der Waals surface area contributed by atoms with Gasteiger partial charge < -0.3 is 36.2 Å². The molecule has 2 aliphatic heterocycles. The van der Waals surface area contributed by atoms with Gasteiger partial charge in [-0.1, -0.05) is 66.7 Å². The Bertz CT molecular complexity index is 2110. The molecule has 64 heavy (non-hydrogen) atoms. The van der Waals surface area contributed by atoms with Crippen LogP contribution in [0.25, 0.3) is 0 Å². The average Bonchev–Trinajstić information content (AvgIpc) is 3.91. The minimum absolute atomic E-state index is 0.00939. The Morgan fingerprint density at radius 2 is 0.719 bits per heavy atom. The van der Waals surface area contributed by atoms with Crippen LogP contribution in [0.15, 0.2) is 95.1 Å². The van der Waals surface area contributed by atoms with Gasteiger partial charge in [0.15, 0.2) is 0 Å². The van der Waals surface area contributed by atoms with E-state index in [1.165, 1.54) is 24.3 Å². The van der Waals surface area contributed by atoms with E-state index in [1.807, 2.05) is 0 Å². The SMILES string of the molecule is CCOP(=O)(OCC)C1(P(=O)(OCC)OCC)CC(C(=O)c2ccccc2)=NN1c1cccc(N2N=C(C(=O)c3ccccc3)CC2(P(=O)(OCC)OCC)P(=O)(OCC)OCC)c1. The first-order valence-corrected chi connectivity index (χ1v) is 27.4. The van der Waals surface area contributed by atoms with E-state index in [-0.39, 0.29) is 86.8 Å². The summed E-state index contributed by atoms with van der Waals surface area (Å²) in [4.78, 5) is 28.7. The van der Waals surface area contributed by atoms with Crippen molar-refractivity contribution < 1.29 is 64.0 Å². The Kier molecular flexibility index (Phi) is 17.6. The second-order valence-electron chi connectivity index (χ2n) is 13.9. The molecule has 22 heteroatoms. The van der Waals surface area contributed by atoms with Crippen LogP contribution in [0, 0.1) is 0 Å². The fourth-order valence-corrected chi connectivity index (χ4v) is 19.0. The van der Waals surface area contributed by atoms with Gasteiger partial charge in [-0.05, 0) is 73.6 Å². The number of hydrogen-bond acceptors (Lipinski definition) is 18. The molecule has 0 aliphatic carbocycles. The maximum absolute atomic E-state index is 15.7. The number of carbonyl (C=O) groups excluding carboxylic acids is 2. The molecule has 0 amide bonds. The monoisotopic (exact) mass is 966 g/mol. The zero-order valence-corrected chi connectivity index (χ0v) is 41.0. The third-order valence-electron chi connectivity index (χ3n) is 9.99. The van der Waals surface area contributed by atoms with E-state index in [9.17, 15) is 9.59 Å². The van der Waals surface area contributed by atoms with Crippen LogP contribution < -0.4 is 10.0 Å². The summed E-state index contributed by atoms with van der Waals surface area (Å²) < 4.78 is 111. The summed E-state index contributed by atoms with van der Waals surface area (Å²) in [7, 11) is -19.2. The maximum Gasteiger partial charge on any atom is 0.370 e. The summed E-state index contributed by atoms with van der Waals surface area (Å²) in [6, 6.07) is 22.4. The van der Waals surface area contributed by atoms with Gasteiger partial charge in [0.05, 0.1) is 64.2 Å². The highest BCUT2D eigenvalue weighted by Crippen LogP contribution is 2.83. The Balaban J connectivity index is 1.92. The molecule has 0 bridgehead atoms. The van der Waals surface area contributed by atoms with Gasteiger partial charge in [0.25, 0.3) is 10.0 Å². The summed E-state index contributed by atoms with van der Waals surface area (Å²) in [5, 5.41) is 6.78. The fraction of sp³-hybridized carbons (Fsp3) is 0.476. The van der Waals surface area contributed by atoms with Gasteiger partial charge in [-0.3, -0.25) is 27.8 Å². The van der Waals surface area contributed by atoms with Crippen molar-refractivity contribution in [1.29, 1.82) is 0 Å². The minimum Gasteiger partial charge on any atom is -0.307 e. The van der Waals surface area contributed by atoms with Gasteiger partial charge >= 0.3 is 30.4 Å². The quantitative estimate of drug-likeness (QED) is 0.0541. The highest BCUT2D eigenvalue weighted by Gasteiger charge is 2.74. The van der Waals surface area contributed by atoms with E-state index in [4.69, 9.17) is 46.4 Å². The van der Waals surface area contributed by atoms with Crippen LogP contribution in [0.4, 0.5) is 11.4 Å². The van der Waals surface area contributed by atoms with Crippen molar-refractivity contribution in [2.45, 2.75) is 78.3 Å². The molecule has 0 aromatic heterocycles. The third-order valence-corrected chi connectivity index (χ3v) is 22.6. The molecule has 0 atom stereocenters. The molecule has 3 aromatic rings. The predicted octanol–water partition coefficient (Wildman–Crippen LogP) is 11.0. The molecule has 0 spiro atoms. The molecule has 2 aliphatic rings. The molecule has 350 valence electrons. The van der Waals surface area contributed by atoms with Crippen LogP contribution in [-0.4, -0.2) is 85.9 Å². The highest BCUT2D eigenvalue weighted by atomic mass is 31.2. The molecule has 0 radical (unpaired) electrons. The first-order chi connectivity index (χ1) is 30.6. The Morgan fingerprint density at radius 1 is 0.453 bits per heavy atom. The van der Waals surface area contributed by atoms with Crippen LogP contribution >= 0.6 is 30.4 Å². The number of carbonyl (C=O) groups is 2. The lowest BCUT2D eigenvalue weighted by molar-refractivity contribution is 0.105. The summed E-state index contributed by atoms with van der Waals surface area (Å²) in [5.74, 6) is -1.17. The highest BCUT2D eigenvalue weighted by molar-refractivity contribution is 7.75. The molecule has 2 heterocycles. The number of Topliss-reactive ketones (excluding diaryl/α,β-unsaturated/α-hetero) is 2. The number of benzene rings is 3. The van der Waals surface area contributed by atoms with Gasteiger partial charge in [-0.25, -0.2) is 10.0 Å². The van der Waals surface area contributed by atoms with Crippen LogP contribution in [0.3, 0.4) is 0 Å².